The summed E-state index contributed by atoms with van der Waals surface area (Å²) in [6.45, 7) is 4.50. The van der Waals surface area contributed by atoms with Crippen molar-refractivity contribution >= 4 is 12.1 Å². The van der Waals surface area contributed by atoms with Crippen LogP contribution >= 0.6 is 0 Å². The van der Waals surface area contributed by atoms with Crippen LogP contribution in [0.15, 0.2) is 29.5 Å². The first-order valence-electron chi connectivity index (χ1n) is 8.21. The molecule has 0 saturated heterocycles. The maximum atomic E-state index is 11.6. The number of amides is 1. The lowest BCUT2D eigenvalue weighted by Gasteiger charge is -2.20. The summed E-state index contributed by atoms with van der Waals surface area (Å²) in [5.74, 6) is 1.28. The molecule has 1 unspecified atom stereocenters. The lowest BCUT2D eigenvalue weighted by atomic mass is 10.2. The zero-order valence-electron chi connectivity index (χ0n) is 13.9. The molecule has 1 aromatic rings. The van der Waals surface area contributed by atoms with E-state index in [-0.39, 0.29) is 12.1 Å². The van der Waals surface area contributed by atoms with Crippen LogP contribution in [0, 0.1) is 5.92 Å². The number of nitrogens with one attached hydrogen (secondary N) is 3. The molecule has 0 radical (unpaired) electrons. The predicted molar refractivity (Wildman–Crippen MR) is 90.5 cm³/mol. The molecule has 1 amide bonds. The summed E-state index contributed by atoms with van der Waals surface area (Å²) in [6, 6.07) is 4.10. The van der Waals surface area contributed by atoms with Crippen LogP contribution in [0.2, 0.25) is 0 Å². The van der Waals surface area contributed by atoms with E-state index in [1.807, 2.05) is 24.5 Å². The number of carbonyl (C=O) groups excluding carboxylic acids is 1. The zero-order valence-corrected chi connectivity index (χ0v) is 13.9. The highest BCUT2D eigenvalue weighted by atomic mass is 16.5. The Morgan fingerprint density at radius 1 is 1.35 bits per heavy atom. The van der Waals surface area contributed by atoms with E-state index in [0.717, 1.165) is 31.9 Å². The second kappa shape index (κ2) is 9.07. The summed E-state index contributed by atoms with van der Waals surface area (Å²) in [5, 5.41) is 9.48. The van der Waals surface area contributed by atoms with Gasteiger partial charge in [-0.05, 0) is 37.8 Å². The van der Waals surface area contributed by atoms with Gasteiger partial charge in [-0.3, -0.25) is 4.99 Å². The van der Waals surface area contributed by atoms with Gasteiger partial charge in [0.2, 0.25) is 0 Å². The summed E-state index contributed by atoms with van der Waals surface area (Å²) in [4.78, 5) is 15.8. The molecule has 1 aliphatic rings. The van der Waals surface area contributed by atoms with Crippen molar-refractivity contribution in [1.82, 2.24) is 20.5 Å². The molecule has 3 N–H and O–H groups in total. The van der Waals surface area contributed by atoms with E-state index < -0.39 is 0 Å². The van der Waals surface area contributed by atoms with Crippen molar-refractivity contribution in [3.8, 4) is 0 Å². The zero-order chi connectivity index (χ0) is 16.5. The highest BCUT2D eigenvalue weighted by Gasteiger charge is 2.32. The van der Waals surface area contributed by atoms with E-state index in [4.69, 9.17) is 4.74 Å². The third-order valence-electron chi connectivity index (χ3n) is 3.81. The molecule has 0 aliphatic heterocycles. The largest absolute Gasteiger partial charge is 0.450 e. The average Bonchev–Trinajstić information content (AvgIpc) is 3.26. The van der Waals surface area contributed by atoms with Gasteiger partial charge in [-0.1, -0.05) is 0 Å². The minimum atomic E-state index is -0.346. The molecule has 1 aromatic heterocycles. The minimum absolute atomic E-state index is 0.0806. The Balaban J connectivity index is 1.70. The van der Waals surface area contributed by atoms with Crippen molar-refractivity contribution in [2.45, 2.75) is 32.4 Å². The van der Waals surface area contributed by atoms with Crippen LogP contribution in [0.1, 0.15) is 19.8 Å². The number of ether oxygens (including phenoxy) is 1. The van der Waals surface area contributed by atoms with Gasteiger partial charge < -0.3 is 25.3 Å². The van der Waals surface area contributed by atoms with E-state index in [9.17, 15) is 4.79 Å². The smallest absolute Gasteiger partial charge is 0.407 e. The maximum Gasteiger partial charge on any atom is 0.407 e. The van der Waals surface area contributed by atoms with E-state index in [0.29, 0.717) is 19.1 Å². The van der Waals surface area contributed by atoms with Crippen LogP contribution in [0.5, 0.6) is 0 Å². The van der Waals surface area contributed by atoms with Gasteiger partial charge in [0.05, 0.1) is 12.6 Å². The summed E-state index contributed by atoms with van der Waals surface area (Å²) < 4.78 is 7.07. The number of alkyl carbamates (subject to hydrolysis) is 1. The molecule has 23 heavy (non-hydrogen) atoms. The number of rotatable bonds is 8. The fourth-order valence-corrected chi connectivity index (χ4v) is 2.41. The third-order valence-corrected chi connectivity index (χ3v) is 3.81. The molecule has 0 spiro atoms. The Morgan fingerprint density at radius 2 is 2.09 bits per heavy atom. The number of aromatic nitrogens is 1. The third kappa shape index (κ3) is 6.22. The number of nitrogens with zero attached hydrogens (tertiary/aromatic N) is 2. The number of hydrogen-bond acceptors (Lipinski definition) is 3. The number of hydrogen-bond donors (Lipinski definition) is 3. The second-order valence-electron chi connectivity index (χ2n) is 5.61. The topological polar surface area (TPSA) is 79.7 Å². The van der Waals surface area contributed by atoms with Crippen LogP contribution in [-0.4, -0.2) is 49.4 Å². The lowest BCUT2D eigenvalue weighted by molar-refractivity contribution is 0.146. The fourth-order valence-electron chi connectivity index (χ4n) is 2.41. The summed E-state index contributed by atoms with van der Waals surface area (Å²) >= 11 is 0. The molecule has 0 aromatic carbocycles. The van der Waals surface area contributed by atoms with Crippen molar-refractivity contribution in [3.63, 3.8) is 0 Å². The number of carbonyl (C=O) groups is 1. The van der Waals surface area contributed by atoms with E-state index in [2.05, 4.69) is 25.5 Å². The molecule has 0 bridgehead atoms. The fraction of sp³-hybridized carbons (Fsp3) is 0.625. The Hall–Kier alpha value is -2.18. The van der Waals surface area contributed by atoms with Crippen molar-refractivity contribution < 1.29 is 9.53 Å². The Morgan fingerprint density at radius 3 is 2.70 bits per heavy atom. The summed E-state index contributed by atoms with van der Waals surface area (Å²) in [6.07, 6.45) is 6.02. The normalized spacial score (nSPS) is 15.8. The molecule has 7 heteroatoms. The first kappa shape index (κ1) is 17.2. The van der Waals surface area contributed by atoms with Gasteiger partial charge >= 0.3 is 6.09 Å². The van der Waals surface area contributed by atoms with Crippen molar-refractivity contribution in [2.75, 3.05) is 26.7 Å². The maximum absolute atomic E-state index is 11.6. The molecule has 128 valence electrons. The molecule has 7 nitrogen and oxygen atoms in total. The van der Waals surface area contributed by atoms with Crippen LogP contribution < -0.4 is 16.0 Å². The van der Waals surface area contributed by atoms with Crippen LogP contribution in [-0.2, 0) is 11.3 Å². The SMILES string of the molecule is CCOC(=O)NC(CNC(=NC)NCCn1cccc1)C1CC1. The van der Waals surface area contributed by atoms with Crippen molar-refractivity contribution in [2.24, 2.45) is 10.9 Å². The summed E-state index contributed by atoms with van der Waals surface area (Å²) in [7, 11) is 1.75. The first-order valence-corrected chi connectivity index (χ1v) is 8.21. The predicted octanol–water partition coefficient (Wildman–Crippen LogP) is 1.18. The molecule has 1 saturated carbocycles. The molecule has 1 atom stereocenters. The van der Waals surface area contributed by atoms with Gasteiger partial charge in [0, 0.05) is 39.1 Å². The van der Waals surface area contributed by atoms with Gasteiger partial charge in [-0.2, -0.15) is 0 Å². The number of guanidine groups is 1. The van der Waals surface area contributed by atoms with Gasteiger partial charge in [0.25, 0.3) is 0 Å². The van der Waals surface area contributed by atoms with E-state index >= 15 is 0 Å². The quantitative estimate of drug-likeness (QED) is 0.496. The van der Waals surface area contributed by atoms with E-state index in [1.54, 1.807) is 14.0 Å². The van der Waals surface area contributed by atoms with Crippen molar-refractivity contribution in [3.05, 3.63) is 24.5 Å². The molecular weight excluding hydrogens is 294 g/mol. The monoisotopic (exact) mass is 321 g/mol. The van der Waals surface area contributed by atoms with Crippen LogP contribution in [0.25, 0.3) is 0 Å². The Labute approximate surface area is 137 Å². The van der Waals surface area contributed by atoms with Crippen LogP contribution in [0.3, 0.4) is 0 Å². The molecule has 1 aliphatic carbocycles. The highest BCUT2D eigenvalue weighted by molar-refractivity contribution is 5.79. The Bertz CT molecular complexity index is 497. The van der Waals surface area contributed by atoms with Crippen LogP contribution in [0.4, 0.5) is 4.79 Å². The number of aliphatic imine (C=N–C) groups is 1. The molecule has 1 fully saturated rings. The molecule has 2 rings (SSSR count). The van der Waals surface area contributed by atoms with Gasteiger partial charge in [0.1, 0.15) is 0 Å². The Kier molecular flexibility index (Phi) is 6.77. The molecule has 1 heterocycles. The molecular formula is C16H27N5O2. The second-order valence-corrected chi connectivity index (χ2v) is 5.61. The highest BCUT2D eigenvalue weighted by Crippen LogP contribution is 2.32. The van der Waals surface area contributed by atoms with Gasteiger partial charge in [-0.25, -0.2) is 4.79 Å². The van der Waals surface area contributed by atoms with Gasteiger partial charge in [0.15, 0.2) is 5.96 Å². The van der Waals surface area contributed by atoms with Crippen molar-refractivity contribution in [1.29, 1.82) is 0 Å². The summed E-state index contributed by atoms with van der Waals surface area (Å²) in [5.41, 5.74) is 0. The minimum Gasteiger partial charge on any atom is -0.450 e. The first-order chi connectivity index (χ1) is 11.2. The lowest BCUT2D eigenvalue weighted by Crippen LogP contribution is -2.48. The average molecular weight is 321 g/mol. The standard InChI is InChI=1S/C16H27N5O2/c1-3-23-16(22)20-14(13-6-7-13)12-19-15(17-2)18-8-11-21-9-4-5-10-21/h4-5,9-10,13-14H,3,6-8,11-12H2,1-2H3,(H,20,22)(H2,17,18,19). The van der Waals surface area contributed by atoms with Gasteiger partial charge in [-0.15, -0.1) is 0 Å². The van der Waals surface area contributed by atoms with E-state index in [1.165, 1.54) is 0 Å².